The third kappa shape index (κ3) is 36.5. The van der Waals surface area contributed by atoms with Gasteiger partial charge in [0.1, 0.15) is 0 Å². The van der Waals surface area contributed by atoms with Crippen molar-refractivity contribution in [3.8, 4) is 0 Å². The lowest BCUT2D eigenvalue weighted by atomic mass is 10.1. The minimum Gasteiger partial charge on any atom is -0.434 e. The van der Waals surface area contributed by atoms with Crippen molar-refractivity contribution >= 4 is 6.16 Å². The van der Waals surface area contributed by atoms with Crippen molar-refractivity contribution in [3.63, 3.8) is 0 Å². The van der Waals surface area contributed by atoms with Crippen LogP contribution in [0.5, 0.6) is 0 Å². The summed E-state index contributed by atoms with van der Waals surface area (Å²) in [6.45, 7) is 5.51. The van der Waals surface area contributed by atoms with Crippen LogP contribution in [0.1, 0.15) is 194 Å². The van der Waals surface area contributed by atoms with Gasteiger partial charge >= 0.3 is 6.16 Å². The van der Waals surface area contributed by atoms with Gasteiger partial charge in [0.2, 0.25) is 0 Å². The third-order valence-corrected chi connectivity index (χ3v) is 7.94. The highest BCUT2D eigenvalue weighted by molar-refractivity contribution is 5.59. The molecule has 0 N–H and O–H groups in total. The van der Waals surface area contributed by atoms with E-state index in [-0.39, 0.29) is 0 Å². The number of unbranched alkanes of at least 4 members (excludes halogenated alkanes) is 23. The summed E-state index contributed by atoms with van der Waals surface area (Å²) in [5, 5.41) is 0. The summed E-state index contributed by atoms with van der Waals surface area (Å²) in [5.41, 5.74) is 0. The molecule has 0 aliphatic heterocycles. The van der Waals surface area contributed by atoms with Crippen LogP contribution in [0.15, 0.2) is 36.5 Å². The van der Waals surface area contributed by atoms with Gasteiger partial charge in [-0.2, -0.15) is 0 Å². The number of ether oxygens (including phenoxy) is 2. The average molecular weight is 589 g/mol. The molecule has 0 aliphatic rings. The lowest BCUT2D eigenvalue weighted by molar-refractivity contribution is 0.0529. The van der Waals surface area contributed by atoms with Crippen LogP contribution in [-0.4, -0.2) is 19.4 Å². The summed E-state index contributed by atoms with van der Waals surface area (Å²) in [5.74, 6) is 0. The molecule has 246 valence electrons. The molecule has 0 bridgehead atoms. The molecule has 0 radical (unpaired) electrons. The Hall–Kier alpha value is -1.51. The molecule has 3 nitrogen and oxygen atoms in total. The number of carbonyl (C=O) groups is 1. The van der Waals surface area contributed by atoms with Gasteiger partial charge in [0.05, 0.1) is 13.2 Å². The second-order valence-corrected chi connectivity index (χ2v) is 12.2. The first-order valence-corrected chi connectivity index (χ1v) is 18.6. The summed E-state index contributed by atoms with van der Waals surface area (Å²) in [6.07, 6.45) is 49.0. The van der Waals surface area contributed by atoms with Crippen LogP contribution >= 0.6 is 0 Å². The lowest BCUT2D eigenvalue weighted by Gasteiger charge is -2.06. The monoisotopic (exact) mass is 589 g/mol. The second-order valence-electron chi connectivity index (χ2n) is 12.2. The molecule has 0 atom stereocenters. The molecular formula is C39H72O3. The van der Waals surface area contributed by atoms with Gasteiger partial charge in [0.15, 0.2) is 0 Å². The second kappa shape index (κ2) is 37.5. The highest BCUT2D eigenvalue weighted by Gasteiger charge is 2.03. The Labute approximate surface area is 263 Å². The van der Waals surface area contributed by atoms with Crippen LogP contribution in [0.4, 0.5) is 4.79 Å². The van der Waals surface area contributed by atoms with E-state index in [1.54, 1.807) is 0 Å². The molecule has 0 heterocycles. The number of hydrogen-bond acceptors (Lipinski definition) is 3. The standard InChI is InChI=1S/C39H72O3/c1-3-5-7-9-11-13-15-17-19-21-22-24-26-28-30-32-34-36-38-42-39(40)41-37-35-33-31-29-27-25-23-20-18-16-14-12-10-8-6-4-2/h12,14,18,20-22H,3-11,13,15-17,19,23-38H2,1-2H3/b14-12-,20-18-,22-21-. The highest BCUT2D eigenvalue weighted by atomic mass is 16.7. The van der Waals surface area contributed by atoms with Gasteiger partial charge in [-0.25, -0.2) is 4.79 Å². The fraction of sp³-hybridized carbons (Fsp3) is 0.821. The quantitative estimate of drug-likeness (QED) is 0.0434. The molecule has 0 amide bonds. The molecule has 0 aromatic carbocycles. The molecule has 0 saturated carbocycles. The maximum Gasteiger partial charge on any atom is 0.508 e. The zero-order chi connectivity index (χ0) is 30.4. The normalized spacial score (nSPS) is 11.9. The van der Waals surface area contributed by atoms with Gasteiger partial charge in [-0.15, -0.1) is 0 Å². The molecule has 0 fully saturated rings. The SMILES string of the molecule is CCCCC/C=C\C/C=C\CCCCCCCCOC(=O)OCCCCCCCC/C=C\CCCCCCCCCC. The molecular weight excluding hydrogens is 516 g/mol. The predicted octanol–water partition coefficient (Wildman–Crippen LogP) is 13.8. The van der Waals surface area contributed by atoms with Crippen LogP contribution in [0, 0.1) is 0 Å². The molecule has 0 aliphatic carbocycles. The highest BCUT2D eigenvalue weighted by Crippen LogP contribution is 2.12. The summed E-state index contributed by atoms with van der Waals surface area (Å²) in [6, 6.07) is 0. The van der Waals surface area contributed by atoms with Gasteiger partial charge in [0.25, 0.3) is 0 Å². The summed E-state index contributed by atoms with van der Waals surface area (Å²) in [7, 11) is 0. The predicted molar refractivity (Wildman–Crippen MR) is 185 cm³/mol. The first kappa shape index (κ1) is 40.5. The number of carbonyl (C=O) groups excluding carboxylic acids is 1. The van der Waals surface area contributed by atoms with Crippen molar-refractivity contribution in [1.82, 2.24) is 0 Å². The van der Waals surface area contributed by atoms with E-state index in [2.05, 4.69) is 50.3 Å². The van der Waals surface area contributed by atoms with Gasteiger partial charge in [-0.3, -0.25) is 0 Å². The summed E-state index contributed by atoms with van der Waals surface area (Å²) < 4.78 is 10.4. The van der Waals surface area contributed by atoms with Crippen molar-refractivity contribution in [1.29, 1.82) is 0 Å². The number of hydrogen-bond donors (Lipinski definition) is 0. The average Bonchev–Trinajstić information content (AvgIpc) is 3.00. The Balaban J connectivity index is 3.25. The van der Waals surface area contributed by atoms with E-state index in [9.17, 15) is 4.79 Å². The zero-order valence-electron chi connectivity index (χ0n) is 28.4. The van der Waals surface area contributed by atoms with E-state index in [0.717, 1.165) is 32.1 Å². The largest absolute Gasteiger partial charge is 0.508 e. The minimum atomic E-state index is -0.489. The summed E-state index contributed by atoms with van der Waals surface area (Å²) in [4.78, 5) is 11.7. The maximum absolute atomic E-state index is 11.7. The van der Waals surface area contributed by atoms with Crippen molar-refractivity contribution < 1.29 is 14.3 Å². The minimum absolute atomic E-state index is 0.487. The van der Waals surface area contributed by atoms with E-state index >= 15 is 0 Å². The zero-order valence-corrected chi connectivity index (χ0v) is 28.4. The fourth-order valence-electron chi connectivity index (χ4n) is 5.15. The van der Waals surface area contributed by atoms with E-state index in [1.807, 2.05) is 0 Å². The van der Waals surface area contributed by atoms with Crippen molar-refractivity contribution in [2.45, 2.75) is 194 Å². The van der Waals surface area contributed by atoms with Crippen molar-refractivity contribution in [3.05, 3.63) is 36.5 Å². The molecule has 42 heavy (non-hydrogen) atoms. The van der Waals surface area contributed by atoms with Crippen molar-refractivity contribution in [2.75, 3.05) is 13.2 Å². The van der Waals surface area contributed by atoms with Crippen molar-refractivity contribution in [2.24, 2.45) is 0 Å². The molecule has 0 spiro atoms. The Bertz CT molecular complexity index is 607. The molecule has 0 unspecified atom stereocenters. The number of allylic oxidation sites excluding steroid dienone is 6. The Morgan fingerprint density at radius 2 is 0.667 bits per heavy atom. The van der Waals surface area contributed by atoms with Gasteiger partial charge < -0.3 is 9.47 Å². The Morgan fingerprint density at radius 1 is 0.381 bits per heavy atom. The van der Waals surface area contributed by atoms with Crippen LogP contribution < -0.4 is 0 Å². The molecule has 0 rings (SSSR count). The maximum atomic E-state index is 11.7. The topological polar surface area (TPSA) is 35.5 Å². The summed E-state index contributed by atoms with van der Waals surface area (Å²) >= 11 is 0. The first-order valence-electron chi connectivity index (χ1n) is 18.6. The smallest absolute Gasteiger partial charge is 0.434 e. The van der Waals surface area contributed by atoms with E-state index in [0.29, 0.717) is 13.2 Å². The van der Waals surface area contributed by atoms with Crippen LogP contribution in [0.3, 0.4) is 0 Å². The van der Waals surface area contributed by atoms with Crippen LogP contribution in [0.25, 0.3) is 0 Å². The number of rotatable bonds is 33. The van der Waals surface area contributed by atoms with Gasteiger partial charge in [-0.05, 0) is 70.6 Å². The lowest BCUT2D eigenvalue weighted by Crippen LogP contribution is -2.09. The first-order chi connectivity index (χ1) is 20.8. The van der Waals surface area contributed by atoms with Gasteiger partial charge in [0, 0.05) is 0 Å². The fourth-order valence-corrected chi connectivity index (χ4v) is 5.15. The van der Waals surface area contributed by atoms with E-state index in [1.165, 1.54) is 148 Å². The van der Waals surface area contributed by atoms with Crippen LogP contribution in [-0.2, 0) is 9.47 Å². The molecule has 0 saturated heterocycles. The Morgan fingerprint density at radius 3 is 1.07 bits per heavy atom. The molecule has 0 aromatic rings. The third-order valence-electron chi connectivity index (χ3n) is 7.94. The van der Waals surface area contributed by atoms with Gasteiger partial charge in [-0.1, -0.05) is 159 Å². The molecule has 3 heteroatoms. The van der Waals surface area contributed by atoms with Crippen LogP contribution in [0.2, 0.25) is 0 Å². The Kier molecular flexibility index (Phi) is 36.2. The molecule has 0 aromatic heterocycles. The van der Waals surface area contributed by atoms with E-state index < -0.39 is 6.16 Å². The van der Waals surface area contributed by atoms with E-state index in [4.69, 9.17) is 9.47 Å².